The largest absolute Gasteiger partial charge is 0.382 e. The lowest BCUT2D eigenvalue weighted by Gasteiger charge is -2.32. The van der Waals surface area contributed by atoms with E-state index in [-0.39, 0.29) is 0 Å². The fraction of sp³-hybridized carbons (Fsp3) is 0.647. The van der Waals surface area contributed by atoms with Gasteiger partial charge >= 0.3 is 0 Å². The summed E-state index contributed by atoms with van der Waals surface area (Å²) in [6.07, 6.45) is 6.60. The molecule has 0 aliphatic heterocycles. The topological polar surface area (TPSA) is 12.0 Å². The van der Waals surface area contributed by atoms with E-state index < -0.39 is 0 Å². The van der Waals surface area contributed by atoms with Crippen molar-refractivity contribution in [3.05, 3.63) is 29.8 Å². The third-order valence-electron chi connectivity index (χ3n) is 4.36. The zero-order chi connectivity index (χ0) is 13.0. The van der Waals surface area contributed by atoms with Gasteiger partial charge in [0.15, 0.2) is 0 Å². The molecule has 100 valence electrons. The van der Waals surface area contributed by atoms with Gasteiger partial charge in [-0.2, -0.15) is 0 Å². The van der Waals surface area contributed by atoms with Gasteiger partial charge in [0.1, 0.15) is 0 Å². The minimum absolute atomic E-state index is 0.679. The van der Waals surface area contributed by atoms with Crippen molar-refractivity contribution in [2.45, 2.75) is 58.9 Å². The number of hydrogen-bond acceptors (Lipinski definition) is 1. The van der Waals surface area contributed by atoms with Crippen molar-refractivity contribution in [2.75, 3.05) is 5.32 Å². The first kappa shape index (κ1) is 13.5. The van der Waals surface area contributed by atoms with E-state index in [1.54, 1.807) is 0 Å². The molecule has 18 heavy (non-hydrogen) atoms. The SMILES string of the molecule is CCc1cccc(NC2CCCC(C(C)C)C2)c1. The summed E-state index contributed by atoms with van der Waals surface area (Å²) >= 11 is 0. The van der Waals surface area contributed by atoms with Crippen LogP contribution in [0.5, 0.6) is 0 Å². The molecule has 1 saturated carbocycles. The average molecular weight is 245 g/mol. The molecule has 0 bridgehead atoms. The van der Waals surface area contributed by atoms with E-state index in [0.29, 0.717) is 6.04 Å². The average Bonchev–Trinajstić information content (AvgIpc) is 2.39. The van der Waals surface area contributed by atoms with E-state index in [9.17, 15) is 0 Å². The maximum Gasteiger partial charge on any atom is 0.0345 e. The highest BCUT2D eigenvalue weighted by Gasteiger charge is 2.23. The van der Waals surface area contributed by atoms with Crippen LogP contribution in [0.25, 0.3) is 0 Å². The first-order valence-corrected chi connectivity index (χ1v) is 7.54. The molecule has 1 aliphatic rings. The van der Waals surface area contributed by atoms with Gasteiger partial charge < -0.3 is 5.32 Å². The summed E-state index contributed by atoms with van der Waals surface area (Å²) in [5.41, 5.74) is 2.74. The molecule has 1 nitrogen and oxygen atoms in total. The molecule has 0 heterocycles. The molecule has 0 aromatic heterocycles. The molecular formula is C17H27N. The van der Waals surface area contributed by atoms with E-state index in [4.69, 9.17) is 0 Å². The third-order valence-corrected chi connectivity index (χ3v) is 4.36. The second-order valence-electron chi connectivity index (χ2n) is 6.07. The van der Waals surface area contributed by atoms with Gasteiger partial charge in [-0.1, -0.05) is 45.7 Å². The summed E-state index contributed by atoms with van der Waals surface area (Å²) in [7, 11) is 0. The van der Waals surface area contributed by atoms with Crippen LogP contribution in [0.2, 0.25) is 0 Å². The normalized spacial score (nSPS) is 24.2. The van der Waals surface area contributed by atoms with E-state index in [1.165, 1.54) is 36.9 Å². The minimum atomic E-state index is 0.679. The first-order valence-electron chi connectivity index (χ1n) is 7.54. The Morgan fingerprint density at radius 2 is 2.11 bits per heavy atom. The number of benzene rings is 1. The van der Waals surface area contributed by atoms with Crippen molar-refractivity contribution in [3.63, 3.8) is 0 Å². The maximum atomic E-state index is 3.74. The lowest BCUT2D eigenvalue weighted by molar-refractivity contribution is 0.264. The fourth-order valence-corrected chi connectivity index (χ4v) is 3.08. The second kappa shape index (κ2) is 6.26. The Kier molecular flexibility index (Phi) is 4.68. The summed E-state index contributed by atoms with van der Waals surface area (Å²) in [5, 5.41) is 3.74. The summed E-state index contributed by atoms with van der Waals surface area (Å²) in [5.74, 6) is 1.74. The van der Waals surface area contributed by atoms with E-state index in [0.717, 1.165) is 18.3 Å². The van der Waals surface area contributed by atoms with E-state index >= 15 is 0 Å². The molecule has 0 amide bonds. The highest BCUT2D eigenvalue weighted by atomic mass is 14.9. The molecule has 1 aromatic rings. The Morgan fingerprint density at radius 1 is 1.28 bits per heavy atom. The zero-order valence-corrected chi connectivity index (χ0v) is 12.1. The van der Waals surface area contributed by atoms with Crippen LogP contribution < -0.4 is 5.32 Å². The number of rotatable bonds is 4. The monoisotopic (exact) mass is 245 g/mol. The van der Waals surface area contributed by atoms with Crippen molar-refractivity contribution in [2.24, 2.45) is 11.8 Å². The van der Waals surface area contributed by atoms with Crippen molar-refractivity contribution in [1.29, 1.82) is 0 Å². The summed E-state index contributed by atoms with van der Waals surface area (Å²) in [4.78, 5) is 0. The molecule has 1 aromatic carbocycles. The standard InChI is InChI=1S/C17H27N/c1-4-14-7-5-9-16(11-14)18-17-10-6-8-15(12-17)13(2)3/h5,7,9,11,13,15,17-18H,4,6,8,10,12H2,1-3H3. The van der Waals surface area contributed by atoms with Crippen LogP contribution in [0.3, 0.4) is 0 Å². The van der Waals surface area contributed by atoms with Crippen molar-refractivity contribution in [1.82, 2.24) is 0 Å². The van der Waals surface area contributed by atoms with Crippen LogP contribution in [-0.2, 0) is 6.42 Å². The Bertz CT molecular complexity index is 370. The molecule has 1 aliphatic carbocycles. The fourth-order valence-electron chi connectivity index (χ4n) is 3.08. The van der Waals surface area contributed by atoms with Crippen LogP contribution in [0.15, 0.2) is 24.3 Å². The van der Waals surface area contributed by atoms with Crippen LogP contribution in [-0.4, -0.2) is 6.04 Å². The molecule has 1 heteroatoms. The van der Waals surface area contributed by atoms with E-state index in [2.05, 4.69) is 50.4 Å². The van der Waals surface area contributed by atoms with Crippen LogP contribution in [0.1, 0.15) is 52.0 Å². The Balaban J connectivity index is 1.95. The molecule has 0 radical (unpaired) electrons. The quantitative estimate of drug-likeness (QED) is 0.797. The first-order chi connectivity index (χ1) is 8.69. The van der Waals surface area contributed by atoms with Gasteiger partial charge in [-0.25, -0.2) is 0 Å². The number of aryl methyl sites for hydroxylation is 1. The summed E-state index contributed by atoms with van der Waals surface area (Å²) in [6, 6.07) is 9.57. The van der Waals surface area contributed by atoms with Gasteiger partial charge in [-0.05, 0) is 48.8 Å². The van der Waals surface area contributed by atoms with E-state index in [1.807, 2.05) is 0 Å². The maximum absolute atomic E-state index is 3.74. The minimum Gasteiger partial charge on any atom is -0.382 e. The molecule has 0 spiro atoms. The smallest absolute Gasteiger partial charge is 0.0345 e. The molecule has 2 unspecified atom stereocenters. The van der Waals surface area contributed by atoms with Crippen molar-refractivity contribution >= 4 is 5.69 Å². The highest BCUT2D eigenvalue weighted by Crippen LogP contribution is 2.31. The molecule has 2 atom stereocenters. The van der Waals surface area contributed by atoms with Crippen LogP contribution in [0, 0.1) is 11.8 Å². The third kappa shape index (κ3) is 3.51. The van der Waals surface area contributed by atoms with Gasteiger partial charge in [0.25, 0.3) is 0 Å². The van der Waals surface area contributed by atoms with Gasteiger partial charge in [-0.15, -0.1) is 0 Å². The predicted octanol–water partition coefficient (Wildman–Crippen LogP) is 4.88. The molecular weight excluding hydrogens is 218 g/mol. The number of nitrogens with one attached hydrogen (secondary N) is 1. The lowest BCUT2D eigenvalue weighted by atomic mass is 9.79. The van der Waals surface area contributed by atoms with Gasteiger partial charge in [0.05, 0.1) is 0 Å². The van der Waals surface area contributed by atoms with Crippen LogP contribution >= 0.6 is 0 Å². The van der Waals surface area contributed by atoms with Crippen molar-refractivity contribution in [3.8, 4) is 0 Å². The predicted molar refractivity (Wildman–Crippen MR) is 80.0 cm³/mol. The van der Waals surface area contributed by atoms with Gasteiger partial charge in [0, 0.05) is 11.7 Å². The molecule has 1 fully saturated rings. The zero-order valence-electron chi connectivity index (χ0n) is 12.1. The lowest BCUT2D eigenvalue weighted by Crippen LogP contribution is -2.29. The Labute approximate surface area is 112 Å². The van der Waals surface area contributed by atoms with Crippen molar-refractivity contribution < 1.29 is 0 Å². The molecule has 0 saturated heterocycles. The van der Waals surface area contributed by atoms with Crippen LogP contribution in [0.4, 0.5) is 5.69 Å². The number of anilines is 1. The Hall–Kier alpha value is -0.980. The molecule has 2 rings (SSSR count). The second-order valence-corrected chi connectivity index (χ2v) is 6.07. The number of hydrogen-bond donors (Lipinski definition) is 1. The van der Waals surface area contributed by atoms with Gasteiger partial charge in [0.2, 0.25) is 0 Å². The molecule has 1 N–H and O–H groups in total. The summed E-state index contributed by atoms with van der Waals surface area (Å²) < 4.78 is 0. The highest BCUT2D eigenvalue weighted by molar-refractivity contribution is 5.46. The van der Waals surface area contributed by atoms with Gasteiger partial charge in [-0.3, -0.25) is 0 Å². The Morgan fingerprint density at radius 3 is 2.83 bits per heavy atom. The summed E-state index contributed by atoms with van der Waals surface area (Å²) in [6.45, 7) is 6.95.